The smallest absolute Gasteiger partial charge is 0.174 e. The second-order valence-corrected chi connectivity index (χ2v) is 6.02. The van der Waals surface area contributed by atoms with Crippen molar-refractivity contribution in [2.24, 2.45) is 0 Å². The van der Waals surface area contributed by atoms with Crippen molar-refractivity contribution in [2.45, 2.75) is 31.8 Å². The first-order chi connectivity index (χ1) is 9.29. The Morgan fingerprint density at radius 3 is 2.68 bits per heavy atom. The van der Waals surface area contributed by atoms with E-state index < -0.39 is 0 Å². The maximum Gasteiger partial charge on any atom is 0.174 e. The van der Waals surface area contributed by atoms with E-state index in [1.54, 1.807) is 0 Å². The molecule has 1 aliphatic rings. The van der Waals surface area contributed by atoms with E-state index in [1.807, 2.05) is 30.0 Å². The van der Waals surface area contributed by atoms with Gasteiger partial charge in [0.05, 0.1) is 0 Å². The molecule has 4 heteroatoms. The maximum absolute atomic E-state index is 8.47. The summed E-state index contributed by atoms with van der Waals surface area (Å²) >= 11 is 2.05. The van der Waals surface area contributed by atoms with E-state index in [0.29, 0.717) is 12.1 Å². The molecule has 0 radical (unpaired) electrons. The Labute approximate surface area is 119 Å². The van der Waals surface area contributed by atoms with E-state index in [4.69, 9.17) is 10.00 Å². The molecule has 2 rings (SSSR count). The Bertz CT molecular complexity index is 421. The fourth-order valence-corrected chi connectivity index (χ4v) is 3.39. The number of nitriles is 1. The van der Waals surface area contributed by atoms with Crippen LogP contribution in [0.5, 0.6) is 5.75 Å². The molecule has 1 saturated heterocycles. The lowest BCUT2D eigenvalue weighted by molar-refractivity contribution is 0.367. The lowest BCUT2D eigenvalue weighted by Gasteiger charge is -2.26. The Morgan fingerprint density at radius 2 is 2.05 bits per heavy atom. The number of hydrogen-bond donors (Lipinski definition) is 1. The Hall–Kier alpha value is -1.18. The lowest BCUT2D eigenvalue weighted by atomic mass is 10.1. The molecule has 1 fully saturated rings. The Morgan fingerprint density at radius 1 is 1.37 bits per heavy atom. The molecule has 1 aromatic carbocycles. The summed E-state index contributed by atoms with van der Waals surface area (Å²) in [5.74, 6) is 3.29. The summed E-state index contributed by atoms with van der Waals surface area (Å²) < 4.78 is 5.26. The predicted molar refractivity (Wildman–Crippen MR) is 79.4 cm³/mol. The summed E-state index contributed by atoms with van der Waals surface area (Å²) in [5, 5.41) is 12.2. The highest BCUT2D eigenvalue weighted by molar-refractivity contribution is 7.99. The summed E-state index contributed by atoms with van der Waals surface area (Å²) in [6.45, 7) is 2.31. The molecule has 0 spiro atoms. The normalized spacial score (nSPS) is 17.7. The number of ether oxygens (including phenoxy) is 1. The van der Waals surface area contributed by atoms with Crippen molar-refractivity contribution in [1.29, 1.82) is 5.26 Å². The fraction of sp³-hybridized carbons (Fsp3) is 0.533. The molecule has 3 nitrogen and oxygen atoms in total. The third kappa shape index (κ3) is 4.45. The number of hydrogen-bond acceptors (Lipinski definition) is 4. The summed E-state index contributed by atoms with van der Waals surface area (Å²) in [5.41, 5.74) is 1.27. The third-order valence-electron chi connectivity index (χ3n) is 3.39. The molecule has 0 bridgehead atoms. The maximum atomic E-state index is 8.47. The highest BCUT2D eigenvalue weighted by Gasteiger charge is 2.16. The first kappa shape index (κ1) is 14.2. The average Bonchev–Trinajstić information content (AvgIpc) is 2.46. The van der Waals surface area contributed by atoms with Gasteiger partial charge in [-0.25, -0.2) is 0 Å². The SMILES string of the molecule is CC(NC1CCSCC1)c1ccc(OCC#N)cc1. The summed E-state index contributed by atoms with van der Waals surface area (Å²) in [6, 6.07) is 11.0. The number of benzene rings is 1. The van der Waals surface area contributed by atoms with E-state index >= 15 is 0 Å². The number of rotatable bonds is 5. The molecule has 1 heterocycles. The van der Waals surface area contributed by atoms with E-state index in [2.05, 4.69) is 24.4 Å². The van der Waals surface area contributed by atoms with Crippen molar-refractivity contribution < 1.29 is 4.74 Å². The van der Waals surface area contributed by atoms with Gasteiger partial charge in [0, 0.05) is 12.1 Å². The van der Waals surface area contributed by atoms with E-state index in [0.717, 1.165) is 5.75 Å². The zero-order valence-corrected chi connectivity index (χ0v) is 12.1. The quantitative estimate of drug-likeness (QED) is 0.897. The van der Waals surface area contributed by atoms with Crippen LogP contribution in [0.25, 0.3) is 0 Å². The van der Waals surface area contributed by atoms with Crippen molar-refractivity contribution in [1.82, 2.24) is 5.32 Å². The van der Waals surface area contributed by atoms with Crippen LogP contribution in [0.15, 0.2) is 24.3 Å². The van der Waals surface area contributed by atoms with Gasteiger partial charge in [0.25, 0.3) is 0 Å². The van der Waals surface area contributed by atoms with Gasteiger partial charge in [0.1, 0.15) is 11.8 Å². The van der Waals surface area contributed by atoms with Gasteiger partial charge in [-0.15, -0.1) is 0 Å². The first-order valence-electron chi connectivity index (χ1n) is 6.73. The van der Waals surface area contributed by atoms with Crippen molar-refractivity contribution in [2.75, 3.05) is 18.1 Å². The van der Waals surface area contributed by atoms with Crippen LogP contribution in [0.4, 0.5) is 0 Å². The molecule has 0 amide bonds. The molecule has 1 unspecified atom stereocenters. The summed E-state index contributed by atoms with van der Waals surface area (Å²) in [4.78, 5) is 0. The van der Waals surface area contributed by atoms with Crippen LogP contribution in [-0.2, 0) is 0 Å². The highest BCUT2D eigenvalue weighted by Crippen LogP contribution is 2.22. The Balaban J connectivity index is 1.87. The molecule has 0 aromatic heterocycles. The predicted octanol–water partition coefficient (Wildman–Crippen LogP) is 3.14. The lowest BCUT2D eigenvalue weighted by Crippen LogP contribution is -2.34. The molecule has 1 aromatic rings. The van der Waals surface area contributed by atoms with Crippen LogP contribution in [0, 0.1) is 11.3 Å². The fourth-order valence-electron chi connectivity index (χ4n) is 2.28. The molecule has 1 N–H and O–H groups in total. The van der Waals surface area contributed by atoms with Crippen LogP contribution in [0.2, 0.25) is 0 Å². The molecule has 0 saturated carbocycles. The molecule has 102 valence electrons. The molecular weight excluding hydrogens is 256 g/mol. The average molecular weight is 276 g/mol. The van der Waals surface area contributed by atoms with Gasteiger partial charge in [-0.05, 0) is 49.0 Å². The molecule has 1 aliphatic heterocycles. The van der Waals surface area contributed by atoms with Gasteiger partial charge < -0.3 is 10.1 Å². The molecular formula is C15H20N2OS. The van der Waals surface area contributed by atoms with Crippen LogP contribution in [0.1, 0.15) is 31.4 Å². The number of nitrogens with zero attached hydrogens (tertiary/aromatic N) is 1. The van der Waals surface area contributed by atoms with Crippen LogP contribution in [-0.4, -0.2) is 24.2 Å². The molecule has 1 atom stereocenters. The second-order valence-electron chi connectivity index (χ2n) is 4.79. The minimum atomic E-state index is 0.104. The van der Waals surface area contributed by atoms with Crippen molar-refractivity contribution >= 4 is 11.8 Å². The van der Waals surface area contributed by atoms with E-state index in [9.17, 15) is 0 Å². The standard InChI is InChI=1S/C15H20N2OS/c1-12(17-14-6-10-19-11-7-14)13-2-4-15(5-3-13)18-9-8-16/h2-5,12,14,17H,6-7,9-11H2,1H3. The van der Waals surface area contributed by atoms with E-state index in [-0.39, 0.29) is 6.61 Å². The topological polar surface area (TPSA) is 45.0 Å². The number of thioether (sulfide) groups is 1. The van der Waals surface area contributed by atoms with Crippen LogP contribution in [0.3, 0.4) is 0 Å². The van der Waals surface area contributed by atoms with Crippen molar-refractivity contribution in [3.8, 4) is 11.8 Å². The second kappa shape index (κ2) is 7.42. The van der Waals surface area contributed by atoms with Gasteiger partial charge in [-0.3, -0.25) is 0 Å². The van der Waals surface area contributed by atoms with Gasteiger partial charge >= 0.3 is 0 Å². The van der Waals surface area contributed by atoms with E-state index in [1.165, 1.54) is 29.9 Å². The molecule has 19 heavy (non-hydrogen) atoms. The first-order valence-corrected chi connectivity index (χ1v) is 7.88. The number of nitrogens with one attached hydrogen (secondary N) is 1. The van der Waals surface area contributed by atoms with Gasteiger partial charge in [0.2, 0.25) is 0 Å². The van der Waals surface area contributed by atoms with Crippen molar-refractivity contribution in [3.63, 3.8) is 0 Å². The Kier molecular flexibility index (Phi) is 5.56. The minimum Gasteiger partial charge on any atom is -0.479 e. The van der Waals surface area contributed by atoms with Crippen molar-refractivity contribution in [3.05, 3.63) is 29.8 Å². The largest absolute Gasteiger partial charge is 0.479 e. The van der Waals surface area contributed by atoms with Gasteiger partial charge in [-0.2, -0.15) is 17.0 Å². The van der Waals surface area contributed by atoms with Crippen LogP contribution >= 0.6 is 11.8 Å². The zero-order valence-electron chi connectivity index (χ0n) is 11.3. The van der Waals surface area contributed by atoms with Gasteiger partial charge in [-0.1, -0.05) is 12.1 Å². The van der Waals surface area contributed by atoms with Gasteiger partial charge in [0.15, 0.2) is 6.61 Å². The summed E-state index contributed by atoms with van der Waals surface area (Å²) in [6.07, 6.45) is 2.52. The molecule has 0 aliphatic carbocycles. The monoisotopic (exact) mass is 276 g/mol. The minimum absolute atomic E-state index is 0.104. The van der Waals surface area contributed by atoms with Crippen LogP contribution < -0.4 is 10.1 Å². The third-order valence-corrected chi connectivity index (χ3v) is 4.44. The zero-order chi connectivity index (χ0) is 13.5. The highest BCUT2D eigenvalue weighted by atomic mass is 32.2. The summed E-state index contributed by atoms with van der Waals surface area (Å²) in [7, 11) is 0.